The normalized spacial score (nSPS) is 19.8. The summed E-state index contributed by atoms with van der Waals surface area (Å²) >= 11 is 0. The quantitative estimate of drug-likeness (QED) is 0.755. The summed E-state index contributed by atoms with van der Waals surface area (Å²) in [4.78, 5) is 12.1. The Labute approximate surface area is 99.2 Å². The van der Waals surface area contributed by atoms with Crippen LogP contribution in [-0.2, 0) is 4.79 Å². The van der Waals surface area contributed by atoms with Crippen LogP contribution in [0.2, 0.25) is 0 Å². The topological polar surface area (TPSA) is 55.1 Å². The molecule has 0 saturated heterocycles. The van der Waals surface area contributed by atoms with Gasteiger partial charge in [-0.05, 0) is 38.5 Å². The van der Waals surface area contributed by atoms with Crippen LogP contribution in [0.5, 0.6) is 0 Å². The van der Waals surface area contributed by atoms with Gasteiger partial charge in [-0.15, -0.1) is 0 Å². The number of hydrogen-bond acceptors (Lipinski definition) is 2. The Hall–Kier alpha value is -0.570. The molecule has 1 amide bonds. The van der Waals surface area contributed by atoms with Gasteiger partial charge in [-0.3, -0.25) is 4.79 Å². The van der Waals surface area contributed by atoms with E-state index in [9.17, 15) is 4.79 Å². The van der Waals surface area contributed by atoms with Crippen molar-refractivity contribution in [3.63, 3.8) is 0 Å². The van der Waals surface area contributed by atoms with Crippen LogP contribution in [0.1, 0.15) is 59.3 Å². The van der Waals surface area contributed by atoms with Gasteiger partial charge in [0.2, 0.25) is 5.91 Å². The number of hydrogen-bond donors (Lipinski definition) is 2. The average Bonchev–Trinajstić information content (AvgIpc) is 2.81. The Balaban J connectivity index is 2.49. The van der Waals surface area contributed by atoms with Gasteiger partial charge in [0.05, 0.1) is 5.54 Å². The Bertz CT molecular complexity index is 230. The van der Waals surface area contributed by atoms with Crippen molar-refractivity contribution >= 4 is 5.91 Å². The maximum Gasteiger partial charge on any atom is 0.240 e. The zero-order chi connectivity index (χ0) is 12.2. The summed E-state index contributed by atoms with van der Waals surface area (Å²) in [5, 5.41) is 3.10. The van der Waals surface area contributed by atoms with Crippen LogP contribution in [0.4, 0.5) is 0 Å². The molecule has 3 nitrogen and oxygen atoms in total. The molecule has 0 aromatic heterocycles. The summed E-state index contributed by atoms with van der Waals surface area (Å²) < 4.78 is 0. The Morgan fingerprint density at radius 1 is 1.38 bits per heavy atom. The molecular formula is C13H26N2O. The smallest absolute Gasteiger partial charge is 0.240 e. The Kier molecular flexibility index (Phi) is 4.78. The lowest BCUT2D eigenvalue weighted by Crippen LogP contribution is -2.55. The van der Waals surface area contributed by atoms with Crippen molar-refractivity contribution in [3.8, 4) is 0 Å². The number of carbonyl (C=O) groups is 1. The molecule has 0 aromatic carbocycles. The van der Waals surface area contributed by atoms with Gasteiger partial charge < -0.3 is 11.1 Å². The van der Waals surface area contributed by atoms with Gasteiger partial charge in [0, 0.05) is 6.04 Å². The molecule has 0 aliphatic heterocycles. The van der Waals surface area contributed by atoms with E-state index in [1.807, 2.05) is 13.8 Å². The van der Waals surface area contributed by atoms with Crippen molar-refractivity contribution in [2.45, 2.75) is 70.9 Å². The fraction of sp³-hybridized carbons (Fsp3) is 0.923. The van der Waals surface area contributed by atoms with Crippen molar-refractivity contribution in [1.82, 2.24) is 5.32 Å². The molecule has 1 saturated carbocycles. The SMILES string of the molecule is CCC(N)(CC)C(=O)NC(C)C1CCCC1. The molecule has 0 aromatic rings. The van der Waals surface area contributed by atoms with E-state index < -0.39 is 5.54 Å². The summed E-state index contributed by atoms with van der Waals surface area (Å²) in [6.45, 7) is 6.06. The molecular weight excluding hydrogens is 200 g/mol. The minimum Gasteiger partial charge on any atom is -0.352 e. The summed E-state index contributed by atoms with van der Waals surface area (Å²) in [5.41, 5.74) is 5.40. The number of carbonyl (C=O) groups excluding carboxylic acids is 1. The second-order valence-electron chi connectivity index (χ2n) is 5.17. The maximum absolute atomic E-state index is 12.1. The van der Waals surface area contributed by atoms with E-state index in [0.717, 1.165) is 0 Å². The first-order valence-electron chi connectivity index (χ1n) is 6.63. The molecule has 1 fully saturated rings. The second kappa shape index (κ2) is 5.67. The zero-order valence-electron chi connectivity index (χ0n) is 10.9. The van der Waals surface area contributed by atoms with Crippen LogP contribution in [0.3, 0.4) is 0 Å². The third-order valence-electron chi connectivity index (χ3n) is 4.18. The van der Waals surface area contributed by atoms with Crippen LogP contribution in [0.25, 0.3) is 0 Å². The average molecular weight is 226 g/mol. The predicted octanol–water partition coefficient (Wildman–Crippen LogP) is 2.20. The number of rotatable bonds is 5. The van der Waals surface area contributed by atoms with E-state index in [-0.39, 0.29) is 11.9 Å². The van der Waals surface area contributed by atoms with E-state index in [0.29, 0.717) is 18.8 Å². The van der Waals surface area contributed by atoms with Gasteiger partial charge in [0.15, 0.2) is 0 Å². The summed E-state index contributed by atoms with van der Waals surface area (Å²) in [6.07, 6.45) is 6.51. The van der Waals surface area contributed by atoms with Gasteiger partial charge in [-0.25, -0.2) is 0 Å². The van der Waals surface area contributed by atoms with Gasteiger partial charge >= 0.3 is 0 Å². The molecule has 1 unspecified atom stereocenters. The molecule has 0 radical (unpaired) electrons. The van der Waals surface area contributed by atoms with Gasteiger partial charge in [-0.2, -0.15) is 0 Å². The van der Waals surface area contributed by atoms with Crippen molar-refractivity contribution in [3.05, 3.63) is 0 Å². The van der Waals surface area contributed by atoms with Gasteiger partial charge in [0.1, 0.15) is 0 Å². The first-order chi connectivity index (χ1) is 7.53. The minimum atomic E-state index is -0.674. The number of nitrogens with one attached hydrogen (secondary N) is 1. The molecule has 3 N–H and O–H groups in total. The third-order valence-corrected chi connectivity index (χ3v) is 4.18. The minimum absolute atomic E-state index is 0.0249. The lowest BCUT2D eigenvalue weighted by Gasteiger charge is -2.29. The van der Waals surface area contributed by atoms with Crippen molar-refractivity contribution in [2.24, 2.45) is 11.7 Å². The molecule has 16 heavy (non-hydrogen) atoms. The van der Waals surface area contributed by atoms with Gasteiger partial charge in [0.25, 0.3) is 0 Å². The highest BCUT2D eigenvalue weighted by molar-refractivity contribution is 5.86. The molecule has 1 aliphatic carbocycles. The summed E-state index contributed by atoms with van der Waals surface area (Å²) in [7, 11) is 0. The molecule has 1 aliphatic rings. The highest BCUT2D eigenvalue weighted by Crippen LogP contribution is 2.27. The molecule has 3 heteroatoms. The highest BCUT2D eigenvalue weighted by Gasteiger charge is 2.32. The van der Waals surface area contributed by atoms with Crippen LogP contribution in [-0.4, -0.2) is 17.5 Å². The predicted molar refractivity (Wildman–Crippen MR) is 67.1 cm³/mol. The molecule has 1 atom stereocenters. The lowest BCUT2D eigenvalue weighted by atomic mass is 9.91. The van der Waals surface area contributed by atoms with E-state index >= 15 is 0 Å². The Morgan fingerprint density at radius 2 is 1.88 bits per heavy atom. The summed E-state index contributed by atoms with van der Waals surface area (Å²) in [5.74, 6) is 0.679. The van der Waals surface area contributed by atoms with Crippen molar-refractivity contribution in [2.75, 3.05) is 0 Å². The molecule has 94 valence electrons. The largest absolute Gasteiger partial charge is 0.352 e. The molecule has 0 spiro atoms. The number of amides is 1. The highest BCUT2D eigenvalue weighted by atomic mass is 16.2. The fourth-order valence-corrected chi connectivity index (χ4v) is 2.50. The van der Waals surface area contributed by atoms with Crippen LogP contribution in [0.15, 0.2) is 0 Å². The molecule has 1 rings (SSSR count). The Morgan fingerprint density at radius 3 is 2.31 bits per heavy atom. The first kappa shape index (κ1) is 13.5. The number of nitrogens with two attached hydrogens (primary N) is 1. The third kappa shape index (κ3) is 2.97. The standard InChI is InChI=1S/C13H26N2O/c1-4-13(14,5-2)12(16)15-10(3)11-8-6-7-9-11/h10-11H,4-9,14H2,1-3H3,(H,15,16). The van der Waals surface area contributed by atoms with E-state index in [2.05, 4.69) is 12.2 Å². The lowest BCUT2D eigenvalue weighted by molar-refractivity contribution is -0.127. The fourth-order valence-electron chi connectivity index (χ4n) is 2.50. The maximum atomic E-state index is 12.1. The van der Waals surface area contributed by atoms with E-state index in [1.54, 1.807) is 0 Å². The van der Waals surface area contributed by atoms with Crippen molar-refractivity contribution in [1.29, 1.82) is 0 Å². The van der Waals surface area contributed by atoms with Gasteiger partial charge in [-0.1, -0.05) is 26.7 Å². The van der Waals surface area contributed by atoms with E-state index in [1.165, 1.54) is 25.7 Å². The molecule has 0 bridgehead atoms. The van der Waals surface area contributed by atoms with Crippen LogP contribution >= 0.6 is 0 Å². The van der Waals surface area contributed by atoms with E-state index in [4.69, 9.17) is 5.73 Å². The first-order valence-corrected chi connectivity index (χ1v) is 6.63. The molecule has 0 heterocycles. The van der Waals surface area contributed by atoms with Crippen LogP contribution < -0.4 is 11.1 Å². The monoisotopic (exact) mass is 226 g/mol. The van der Waals surface area contributed by atoms with Crippen LogP contribution in [0, 0.1) is 5.92 Å². The zero-order valence-corrected chi connectivity index (χ0v) is 10.9. The summed E-state index contributed by atoms with van der Waals surface area (Å²) in [6, 6.07) is 0.274. The van der Waals surface area contributed by atoms with Crippen molar-refractivity contribution < 1.29 is 4.79 Å². The second-order valence-corrected chi connectivity index (χ2v) is 5.17.